The Morgan fingerprint density at radius 1 is 1.37 bits per heavy atom. The third-order valence-electron chi connectivity index (χ3n) is 3.53. The Morgan fingerprint density at radius 2 is 2.11 bits per heavy atom. The number of Topliss-reactive ketones (excluding diaryl/α,β-unsaturated/α-hetero) is 1. The Kier molecular flexibility index (Phi) is 3.88. The van der Waals surface area contributed by atoms with Crippen molar-refractivity contribution in [2.45, 2.75) is 32.7 Å². The van der Waals surface area contributed by atoms with Crippen molar-refractivity contribution in [1.29, 1.82) is 0 Å². The average Bonchev–Trinajstić information content (AvgIpc) is 2.76. The smallest absolute Gasteiger partial charge is 0.260 e. The minimum atomic E-state index is -0.0495. The maximum Gasteiger partial charge on any atom is 0.260 e. The van der Waals surface area contributed by atoms with E-state index in [0.29, 0.717) is 12.2 Å². The van der Waals surface area contributed by atoms with E-state index in [4.69, 9.17) is 4.74 Å². The van der Waals surface area contributed by atoms with Gasteiger partial charge in [-0.1, -0.05) is 0 Å². The van der Waals surface area contributed by atoms with Gasteiger partial charge in [0, 0.05) is 25.1 Å². The number of likely N-dealkylation sites (N-methyl/N-ethyl adjacent to an activating group) is 1. The zero-order valence-electron chi connectivity index (χ0n) is 11.6. The van der Waals surface area contributed by atoms with Gasteiger partial charge < -0.3 is 9.64 Å². The van der Waals surface area contributed by atoms with Gasteiger partial charge in [-0.15, -0.1) is 0 Å². The normalized spacial score (nSPS) is 13.6. The fraction of sp³-hybridized carbons (Fsp3) is 0.467. The van der Waals surface area contributed by atoms with Gasteiger partial charge in [-0.3, -0.25) is 9.59 Å². The van der Waals surface area contributed by atoms with E-state index in [-0.39, 0.29) is 24.3 Å². The van der Waals surface area contributed by atoms with E-state index in [1.165, 1.54) is 0 Å². The third kappa shape index (κ3) is 2.95. The van der Waals surface area contributed by atoms with Crippen LogP contribution in [0.5, 0.6) is 5.75 Å². The molecule has 0 bridgehead atoms. The number of fused-ring (bicyclic) bond motifs is 1. The average molecular weight is 261 g/mol. The predicted octanol–water partition coefficient (Wildman–Crippen LogP) is 2.06. The van der Waals surface area contributed by atoms with Crippen molar-refractivity contribution in [3.8, 4) is 5.75 Å². The van der Waals surface area contributed by atoms with Crippen LogP contribution in [0.3, 0.4) is 0 Å². The maximum atomic E-state index is 11.8. The summed E-state index contributed by atoms with van der Waals surface area (Å²) in [6.07, 6.45) is 1.35. The van der Waals surface area contributed by atoms with Gasteiger partial charge in [-0.2, -0.15) is 0 Å². The largest absolute Gasteiger partial charge is 0.484 e. The molecule has 1 aliphatic rings. The number of ether oxygens (including phenoxy) is 1. The molecule has 0 spiro atoms. The molecule has 2 rings (SSSR count). The van der Waals surface area contributed by atoms with E-state index in [9.17, 15) is 9.59 Å². The first-order valence-corrected chi connectivity index (χ1v) is 6.53. The van der Waals surface area contributed by atoms with Crippen LogP contribution in [0.25, 0.3) is 0 Å². The van der Waals surface area contributed by atoms with E-state index >= 15 is 0 Å². The first kappa shape index (κ1) is 13.6. The predicted molar refractivity (Wildman–Crippen MR) is 72.5 cm³/mol. The lowest BCUT2D eigenvalue weighted by Crippen LogP contribution is -2.36. The van der Waals surface area contributed by atoms with Gasteiger partial charge in [-0.25, -0.2) is 0 Å². The van der Waals surface area contributed by atoms with E-state index in [1.807, 2.05) is 19.9 Å². The molecule has 1 aliphatic carbocycles. The highest BCUT2D eigenvalue weighted by Gasteiger charge is 2.20. The molecule has 4 heteroatoms. The number of rotatable bonds is 4. The molecule has 0 radical (unpaired) electrons. The Bertz CT molecular complexity index is 508. The standard InChI is InChI=1S/C15H19NO3/c1-10(2)16(3)15(18)9-19-12-5-6-13-11(8-12)4-7-14(13)17/h5-6,8,10H,4,7,9H2,1-3H3. The van der Waals surface area contributed by atoms with E-state index in [2.05, 4.69) is 0 Å². The molecule has 0 N–H and O–H groups in total. The molecule has 102 valence electrons. The van der Waals surface area contributed by atoms with Crippen molar-refractivity contribution in [2.75, 3.05) is 13.7 Å². The number of carbonyl (C=O) groups excluding carboxylic acids is 2. The monoisotopic (exact) mass is 261 g/mol. The van der Waals surface area contributed by atoms with Crippen molar-refractivity contribution in [3.05, 3.63) is 29.3 Å². The summed E-state index contributed by atoms with van der Waals surface area (Å²) < 4.78 is 5.50. The van der Waals surface area contributed by atoms with Crippen molar-refractivity contribution < 1.29 is 14.3 Å². The first-order valence-electron chi connectivity index (χ1n) is 6.53. The van der Waals surface area contributed by atoms with Gasteiger partial charge >= 0.3 is 0 Å². The Balaban J connectivity index is 1.98. The molecule has 0 heterocycles. The molecular weight excluding hydrogens is 242 g/mol. The van der Waals surface area contributed by atoms with Crippen LogP contribution in [0, 0.1) is 0 Å². The van der Waals surface area contributed by atoms with Crippen LogP contribution in [-0.2, 0) is 11.2 Å². The van der Waals surface area contributed by atoms with Gasteiger partial charge in [-0.05, 0) is 44.0 Å². The summed E-state index contributed by atoms with van der Waals surface area (Å²) in [6.45, 7) is 3.94. The summed E-state index contributed by atoms with van der Waals surface area (Å²) in [5.41, 5.74) is 1.81. The van der Waals surface area contributed by atoms with Crippen LogP contribution >= 0.6 is 0 Å². The van der Waals surface area contributed by atoms with Crippen LogP contribution < -0.4 is 4.74 Å². The Morgan fingerprint density at radius 3 is 2.79 bits per heavy atom. The van der Waals surface area contributed by atoms with Crippen molar-refractivity contribution in [3.63, 3.8) is 0 Å². The summed E-state index contributed by atoms with van der Waals surface area (Å²) >= 11 is 0. The van der Waals surface area contributed by atoms with Crippen molar-refractivity contribution in [1.82, 2.24) is 4.90 Å². The van der Waals surface area contributed by atoms with Crippen LogP contribution in [0.2, 0.25) is 0 Å². The molecule has 0 saturated carbocycles. The van der Waals surface area contributed by atoms with Crippen LogP contribution in [-0.4, -0.2) is 36.3 Å². The lowest BCUT2D eigenvalue weighted by Gasteiger charge is -2.21. The highest BCUT2D eigenvalue weighted by molar-refractivity contribution is 6.00. The molecule has 0 atom stereocenters. The zero-order chi connectivity index (χ0) is 14.0. The quantitative estimate of drug-likeness (QED) is 0.833. The number of ketones is 1. The topological polar surface area (TPSA) is 46.6 Å². The summed E-state index contributed by atoms with van der Waals surface area (Å²) in [5, 5.41) is 0. The van der Waals surface area contributed by atoms with Crippen molar-refractivity contribution >= 4 is 11.7 Å². The molecule has 0 aromatic heterocycles. The third-order valence-corrected chi connectivity index (χ3v) is 3.53. The molecule has 4 nitrogen and oxygen atoms in total. The van der Waals surface area contributed by atoms with Crippen molar-refractivity contribution in [2.24, 2.45) is 0 Å². The number of hydrogen-bond donors (Lipinski definition) is 0. The SMILES string of the molecule is CC(C)N(C)C(=O)COc1ccc2c(c1)CCC2=O. The summed E-state index contributed by atoms with van der Waals surface area (Å²) in [4.78, 5) is 24.9. The molecule has 0 fully saturated rings. The number of carbonyl (C=O) groups is 2. The minimum Gasteiger partial charge on any atom is -0.484 e. The first-order chi connectivity index (χ1) is 8.99. The van der Waals surface area contributed by atoms with Gasteiger partial charge in [0.05, 0.1) is 0 Å². The highest BCUT2D eigenvalue weighted by Crippen LogP contribution is 2.26. The number of nitrogens with zero attached hydrogens (tertiary/aromatic N) is 1. The van der Waals surface area contributed by atoms with Crippen LogP contribution in [0.4, 0.5) is 0 Å². The van der Waals surface area contributed by atoms with Gasteiger partial charge in [0.1, 0.15) is 5.75 Å². The number of aryl methyl sites for hydroxylation is 1. The molecule has 1 amide bonds. The fourth-order valence-corrected chi connectivity index (χ4v) is 2.06. The maximum absolute atomic E-state index is 11.8. The number of hydrogen-bond acceptors (Lipinski definition) is 3. The molecule has 1 aromatic carbocycles. The van der Waals surface area contributed by atoms with Gasteiger partial charge in [0.2, 0.25) is 0 Å². The molecule has 0 unspecified atom stereocenters. The second-order valence-corrected chi connectivity index (χ2v) is 5.13. The lowest BCUT2D eigenvalue weighted by molar-refractivity contribution is -0.133. The molecule has 19 heavy (non-hydrogen) atoms. The second kappa shape index (κ2) is 5.43. The number of benzene rings is 1. The van der Waals surface area contributed by atoms with Crippen LogP contribution in [0.15, 0.2) is 18.2 Å². The Labute approximate surface area is 113 Å². The van der Waals surface area contributed by atoms with E-state index < -0.39 is 0 Å². The van der Waals surface area contributed by atoms with E-state index in [0.717, 1.165) is 17.5 Å². The number of amides is 1. The van der Waals surface area contributed by atoms with Crippen LogP contribution in [0.1, 0.15) is 36.2 Å². The molecule has 0 aliphatic heterocycles. The van der Waals surface area contributed by atoms with Gasteiger partial charge in [0.25, 0.3) is 5.91 Å². The minimum absolute atomic E-state index is 0.0292. The summed E-state index contributed by atoms with van der Waals surface area (Å²) in [5.74, 6) is 0.794. The Hall–Kier alpha value is -1.84. The fourth-order valence-electron chi connectivity index (χ4n) is 2.06. The van der Waals surface area contributed by atoms with E-state index in [1.54, 1.807) is 24.1 Å². The molecular formula is C15H19NO3. The highest BCUT2D eigenvalue weighted by atomic mass is 16.5. The summed E-state index contributed by atoms with van der Waals surface area (Å²) in [6, 6.07) is 5.57. The molecule has 0 saturated heterocycles. The second-order valence-electron chi connectivity index (χ2n) is 5.13. The van der Waals surface area contributed by atoms with Gasteiger partial charge in [0.15, 0.2) is 12.4 Å². The summed E-state index contributed by atoms with van der Waals surface area (Å²) in [7, 11) is 1.76. The zero-order valence-corrected chi connectivity index (χ0v) is 11.6. The lowest BCUT2D eigenvalue weighted by atomic mass is 10.1. The molecule has 1 aromatic rings.